The first-order chi connectivity index (χ1) is 20.0. The van der Waals surface area contributed by atoms with Crippen LogP contribution in [-0.4, -0.2) is 74.1 Å². The van der Waals surface area contributed by atoms with Gasteiger partial charge in [-0.2, -0.15) is 13.2 Å². The smallest absolute Gasteiger partial charge is 0.475 e. The highest BCUT2D eigenvalue weighted by molar-refractivity contribution is 7.22. The number of benzene rings is 2. The molecule has 0 bridgehead atoms. The van der Waals surface area contributed by atoms with Crippen LogP contribution < -0.4 is 5.56 Å². The van der Waals surface area contributed by atoms with Crippen molar-refractivity contribution in [2.75, 3.05) is 32.8 Å². The number of aryl methyl sites for hydroxylation is 1. The number of thiophene rings is 1. The summed E-state index contributed by atoms with van der Waals surface area (Å²) in [5, 5.41) is 7.81. The number of aliphatic carboxylic acids is 1. The number of alkyl halides is 3. The van der Waals surface area contributed by atoms with E-state index in [4.69, 9.17) is 31.2 Å². The molecule has 6 rings (SSSR count). The molecule has 9 nitrogen and oxygen atoms in total. The van der Waals surface area contributed by atoms with Crippen molar-refractivity contribution < 1.29 is 27.8 Å². The number of ether oxygens (including phenoxy) is 1. The van der Waals surface area contributed by atoms with E-state index in [2.05, 4.69) is 14.5 Å². The highest BCUT2D eigenvalue weighted by Crippen LogP contribution is 2.32. The first-order valence-electron chi connectivity index (χ1n) is 12.9. The molecule has 1 saturated heterocycles. The third-order valence-corrected chi connectivity index (χ3v) is 8.17. The van der Waals surface area contributed by atoms with E-state index in [9.17, 15) is 18.0 Å². The van der Waals surface area contributed by atoms with Crippen LogP contribution in [-0.2, 0) is 16.1 Å². The summed E-state index contributed by atoms with van der Waals surface area (Å²) >= 11 is 7.47. The third-order valence-electron chi connectivity index (χ3n) is 6.75. The molecule has 0 aliphatic carbocycles. The van der Waals surface area contributed by atoms with Crippen LogP contribution in [0, 0.1) is 6.92 Å². The molecule has 5 aromatic rings. The predicted molar refractivity (Wildman–Crippen MR) is 155 cm³/mol. The lowest BCUT2D eigenvalue weighted by atomic mass is 10.2. The number of rotatable bonds is 5. The maximum Gasteiger partial charge on any atom is 0.490 e. The minimum absolute atomic E-state index is 0.0805. The molecule has 1 aliphatic rings. The number of aromatic nitrogens is 4. The molecule has 0 spiro atoms. The average molecular weight is 620 g/mol. The highest BCUT2D eigenvalue weighted by Gasteiger charge is 2.38. The van der Waals surface area contributed by atoms with Gasteiger partial charge in [0.25, 0.3) is 5.56 Å². The molecular formula is C28H25ClF3N5O4S. The normalized spacial score (nSPS) is 14.2. The van der Waals surface area contributed by atoms with Gasteiger partial charge in [-0.15, -0.1) is 11.3 Å². The second kappa shape index (κ2) is 12.2. The van der Waals surface area contributed by atoms with Gasteiger partial charge in [0.15, 0.2) is 0 Å². The van der Waals surface area contributed by atoms with Crippen molar-refractivity contribution in [3.8, 4) is 16.1 Å². The van der Waals surface area contributed by atoms with Crippen molar-refractivity contribution in [1.29, 1.82) is 0 Å². The molecule has 0 unspecified atom stereocenters. The van der Waals surface area contributed by atoms with Crippen LogP contribution in [0.3, 0.4) is 0 Å². The summed E-state index contributed by atoms with van der Waals surface area (Å²) in [6.07, 6.45) is -3.48. The molecule has 42 heavy (non-hydrogen) atoms. The lowest BCUT2D eigenvalue weighted by molar-refractivity contribution is -0.192. The Hall–Kier alpha value is -3.78. The standard InChI is InChI=1S/C26H24ClN5O2S.C2HF3O2/c1-17-29-21-14-20(6-7-23(21)31(17)9-8-30-10-12-34-13-11-30)32-16-28-22-15-24(35-25(22)26(32)33)18-2-4-19(27)5-3-18;3-2(4,5)1(6)7/h2-7,14-16H,8-13H2,1H3;(H,6,7). The topological polar surface area (TPSA) is 102 Å². The van der Waals surface area contributed by atoms with Crippen molar-refractivity contribution in [2.45, 2.75) is 19.6 Å². The minimum Gasteiger partial charge on any atom is -0.475 e. The molecule has 0 radical (unpaired) electrons. The second-order valence-corrected chi connectivity index (χ2v) is 11.0. The maximum absolute atomic E-state index is 13.4. The summed E-state index contributed by atoms with van der Waals surface area (Å²) in [6.45, 7) is 7.40. The van der Waals surface area contributed by atoms with Crippen LogP contribution in [0.2, 0.25) is 5.02 Å². The number of carboxylic acid groups (broad SMARTS) is 1. The number of carbonyl (C=O) groups is 1. The zero-order valence-electron chi connectivity index (χ0n) is 22.3. The van der Waals surface area contributed by atoms with Crippen LogP contribution in [0.4, 0.5) is 13.2 Å². The van der Waals surface area contributed by atoms with Crippen LogP contribution in [0.15, 0.2) is 59.7 Å². The zero-order chi connectivity index (χ0) is 30.0. The molecule has 2 aromatic carbocycles. The van der Waals surface area contributed by atoms with E-state index >= 15 is 0 Å². The number of hydrogen-bond acceptors (Lipinski definition) is 7. The molecule has 220 valence electrons. The Bertz CT molecular complexity index is 1790. The molecule has 1 aliphatic heterocycles. The van der Waals surface area contributed by atoms with Gasteiger partial charge in [-0.25, -0.2) is 14.8 Å². The quantitative estimate of drug-likeness (QED) is 0.281. The Labute approximate surface area is 246 Å². The molecule has 1 N–H and O–H groups in total. The van der Waals surface area contributed by atoms with E-state index < -0.39 is 12.1 Å². The number of carboxylic acids is 1. The van der Waals surface area contributed by atoms with Crippen LogP contribution in [0.5, 0.6) is 0 Å². The van der Waals surface area contributed by atoms with Crippen LogP contribution >= 0.6 is 22.9 Å². The Morgan fingerprint density at radius 2 is 1.76 bits per heavy atom. The van der Waals surface area contributed by atoms with Crippen molar-refractivity contribution in [3.63, 3.8) is 0 Å². The SMILES string of the molecule is Cc1nc2cc(-n3cnc4cc(-c5ccc(Cl)cc5)sc4c3=O)ccc2n1CCN1CCOCC1.O=C(O)C(F)(F)F. The molecule has 14 heteroatoms. The van der Waals surface area contributed by atoms with Gasteiger partial charge in [-0.3, -0.25) is 14.3 Å². The molecular weight excluding hydrogens is 595 g/mol. The monoisotopic (exact) mass is 619 g/mol. The van der Waals surface area contributed by atoms with Crippen molar-refractivity contribution >= 4 is 50.2 Å². The van der Waals surface area contributed by atoms with E-state index in [1.165, 1.54) is 11.3 Å². The van der Waals surface area contributed by atoms with Gasteiger partial charge in [0.1, 0.15) is 16.9 Å². The number of nitrogens with zero attached hydrogens (tertiary/aromatic N) is 5. The van der Waals surface area contributed by atoms with Gasteiger partial charge in [0, 0.05) is 36.1 Å². The number of halogens is 4. The Morgan fingerprint density at radius 3 is 2.43 bits per heavy atom. The number of imidazole rings is 1. The molecule has 4 heterocycles. The van der Waals surface area contributed by atoms with Gasteiger partial charge in [0.2, 0.25) is 0 Å². The van der Waals surface area contributed by atoms with E-state index in [1.807, 2.05) is 55.5 Å². The molecule has 1 fully saturated rings. The number of morpholine rings is 1. The van der Waals surface area contributed by atoms with Gasteiger partial charge in [0.05, 0.1) is 35.5 Å². The van der Waals surface area contributed by atoms with Crippen molar-refractivity contribution in [1.82, 2.24) is 24.0 Å². The summed E-state index contributed by atoms with van der Waals surface area (Å²) in [4.78, 5) is 35.0. The first-order valence-corrected chi connectivity index (χ1v) is 14.1. The lowest BCUT2D eigenvalue weighted by Gasteiger charge is -2.26. The summed E-state index contributed by atoms with van der Waals surface area (Å²) in [5.41, 5.74) is 4.34. The maximum atomic E-state index is 13.4. The Balaban J connectivity index is 0.000000451. The largest absolute Gasteiger partial charge is 0.490 e. The summed E-state index contributed by atoms with van der Waals surface area (Å²) in [7, 11) is 0. The van der Waals surface area contributed by atoms with Gasteiger partial charge in [-0.1, -0.05) is 23.7 Å². The van der Waals surface area contributed by atoms with Gasteiger partial charge >= 0.3 is 12.1 Å². The third kappa shape index (κ3) is 6.49. The minimum atomic E-state index is -5.08. The average Bonchev–Trinajstić information content (AvgIpc) is 3.53. The Kier molecular flexibility index (Phi) is 8.64. The number of fused-ring (bicyclic) bond motifs is 2. The van der Waals surface area contributed by atoms with Crippen molar-refractivity contribution in [3.05, 3.63) is 76.1 Å². The fourth-order valence-electron chi connectivity index (χ4n) is 4.59. The number of hydrogen-bond donors (Lipinski definition) is 1. The lowest BCUT2D eigenvalue weighted by Crippen LogP contribution is -2.38. The van der Waals surface area contributed by atoms with Crippen molar-refractivity contribution in [2.24, 2.45) is 0 Å². The summed E-state index contributed by atoms with van der Waals surface area (Å²) in [6, 6.07) is 15.6. The molecule has 0 atom stereocenters. The predicted octanol–water partition coefficient (Wildman–Crippen LogP) is 5.39. The van der Waals surface area contributed by atoms with Crippen LogP contribution in [0.1, 0.15) is 5.82 Å². The molecule has 0 saturated carbocycles. The van der Waals surface area contributed by atoms with E-state index in [1.54, 1.807) is 10.9 Å². The fraction of sp³-hybridized carbons (Fsp3) is 0.286. The molecule has 3 aromatic heterocycles. The summed E-state index contributed by atoms with van der Waals surface area (Å²) in [5.74, 6) is -1.79. The zero-order valence-corrected chi connectivity index (χ0v) is 23.8. The second-order valence-electron chi connectivity index (χ2n) is 9.49. The van der Waals surface area contributed by atoms with Crippen LogP contribution in [0.25, 0.3) is 37.4 Å². The molecule has 0 amide bonds. The first kappa shape index (κ1) is 29.7. The van der Waals surface area contributed by atoms with E-state index in [-0.39, 0.29) is 5.56 Å². The highest BCUT2D eigenvalue weighted by atomic mass is 35.5. The van der Waals surface area contributed by atoms with E-state index in [0.717, 1.165) is 72.4 Å². The van der Waals surface area contributed by atoms with Gasteiger partial charge in [-0.05, 0) is 48.9 Å². The summed E-state index contributed by atoms with van der Waals surface area (Å²) < 4.78 is 41.7. The fourth-order valence-corrected chi connectivity index (χ4v) is 5.76. The van der Waals surface area contributed by atoms with Gasteiger partial charge < -0.3 is 14.4 Å². The van der Waals surface area contributed by atoms with E-state index in [0.29, 0.717) is 15.2 Å². The Morgan fingerprint density at radius 1 is 1.07 bits per heavy atom.